The maximum absolute atomic E-state index is 13.3. The van der Waals surface area contributed by atoms with Crippen LogP contribution < -0.4 is 20.1 Å². The topological polar surface area (TPSA) is 93.7 Å². The van der Waals surface area contributed by atoms with Crippen LogP contribution in [0.2, 0.25) is 0 Å². The highest BCUT2D eigenvalue weighted by molar-refractivity contribution is 9.10. The number of rotatable bonds is 10. The predicted octanol–water partition coefficient (Wildman–Crippen LogP) is 4.62. The second-order valence-corrected chi connectivity index (χ2v) is 8.03. The normalized spacial score (nSPS) is 10.5. The Hall–Kier alpha value is -3.65. The first-order chi connectivity index (χ1) is 16.4. The van der Waals surface area contributed by atoms with Gasteiger partial charge in [0.2, 0.25) is 5.78 Å². The minimum absolute atomic E-state index is 0.252. The lowest BCUT2D eigenvalue weighted by atomic mass is 10.1. The van der Waals surface area contributed by atoms with Crippen LogP contribution in [0.3, 0.4) is 0 Å². The summed E-state index contributed by atoms with van der Waals surface area (Å²) in [5.41, 5.74) is 0.828. The third-order valence-corrected chi connectivity index (χ3v) is 5.33. The molecule has 0 aliphatic carbocycles. The van der Waals surface area contributed by atoms with Crippen LogP contribution in [-0.2, 0) is 0 Å². The van der Waals surface area contributed by atoms with E-state index in [1.54, 1.807) is 72.8 Å². The molecule has 2 amide bonds. The summed E-state index contributed by atoms with van der Waals surface area (Å²) in [7, 11) is 0. The van der Waals surface area contributed by atoms with Crippen molar-refractivity contribution in [1.82, 2.24) is 10.6 Å². The number of para-hydroxylation sites is 2. The van der Waals surface area contributed by atoms with Crippen LogP contribution in [0.25, 0.3) is 0 Å². The molecule has 0 aromatic heterocycles. The Morgan fingerprint density at radius 3 is 1.62 bits per heavy atom. The molecule has 0 heterocycles. The number of nitrogens with one attached hydrogen (secondary N) is 2. The number of amides is 2. The predicted molar refractivity (Wildman–Crippen MR) is 132 cm³/mol. The smallest absolute Gasteiger partial charge is 0.256 e. The second-order valence-electron chi connectivity index (χ2n) is 7.11. The molecule has 3 rings (SSSR count). The molecule has 8 heteroatoms. The van der Waals surface area contributed by atoms with Gasteiger partial charge in [0, 0.05) is 10.0 Å². The zero-order valence-corrected chi connectivity index (χ0v) is 20.4. The van der Waals surface area contributed by atoms with Crippen LogP contribution in [0, 0.1) is 0 Å². The van der Waals surface area contributed by atoms with Crippen molar-refractivity contribution in [3.63, 3.8) is 0 Å². The highest BCUT2D eigenvalue weighted by Gasteiger charge is 2.27. The Labute approximate surface area is 206 Å². The molecule has 0 radical (unpaired) electrons. The van der Waals surface area contributed by atoms with Gasteiger partial charge in [-0.1, -0.05) is 52.3 Å². The molecule has 0 unspecified atom stereocenters. The lowest BCUT2D eigenvalue weighted by Gasteiger charge is -2.21. The minimum Gasteiger partial charge on any atom is -0.493 e. The fourth-order valence-electron chi connectivity index (χ4n) is 3.24. The third-order valence-electron chi connectivity index (χ3n) is 4.80. The van der Waals surface area contributed by atoms with Crippen molar-refractivity contribution in [2.45, 2.75) is 20.0 Å². The summed E-state index contributed by atoms with van der Waals surface area (Å²) < 4.78 is 11.9. The van der Waals surface area contributed by atoms with E-state index < -0.39 is 23.8 Å². The van der Waals surface area contributed by atoms with Crippen molar-refractivity contribution in [1.29, 1.82) is 0 Å². The number of benzene rings is 3. The van der Waals surface area contributed by atoms with E-state index in [9.17, 15) is 14.4 Å². The summed E-state index contributed by atoms with van der Waals surface area (Å²) in [5.74, 6) is -0.830. The van der Waals surface area contributed by atoms with Gasteiger partial charge in [0.05, 0.1) is 24.3 Å². The van der Waals surface area contributed by atoms with Gasteiger partial charge >= 0.3 is 0 Å². The molecule has 0 bridgehead atoms. The summed E-state index contributed by atoms with van der Waals surface area (Å²) in [4.78, 5) is 39.5. The molecule has 0 fully saturated rings. The number of carbonyl (C=O) groups is 3. The van der Waals surface area contributed by atoms with E-state index in [0.29, 0.717) is 30.3 Å². The molecule has 3 aromatic rings. The summed E-state index contributed by atoms with van der Waals surface area (Å²) in [6.45, 7) is 4.36. The fraction of sp³-hybridized carbons (Fsp3) is 0.192. The zero-order chi connectivity index (χ0) is 24.5. The molecular weight excluding hydrogens is 500 g/mol. The zero-order valence-electron chi connectivity index (χ0n) is 18.8. The highest BCUT2D eigenvalue weighted by atomic mass is 79.9. The average molecular weight is 525 g/mol. The first-order valence-electron chi connectivity index (χ1n) is 10.8. The van der Waals surface area contributed by atoms with Crippen molar-refractivity contribution in [2.75, 3.05) is 13.2 Å². The van der Waals surface area contributed by atoms with Gasteiger partial charge in [-0.2, -0.15) is 0 Å². The van der Waals surface area contributed by atoms with Gasteiger partial charge in [-0.05, 0) is 50.2 Å². The largest absolute Gasteiger partial charge is 0.493 e. The van der Waals surface area contributed by atoms with E-state index in [4.69, 9.17) is 9.47 Å². The molecule has 3 aromatic carbocycles. The molecule has 0 atom stereocenters. The lowest BCUT2D eigenvalue weighted by molar-refractivity contribution is 0.0789. The number of halogens is 1. The Kier molecular flexibility index (Phi) is 8.81. The van der Waals surface area contributed by atoms with E-state index in [0.717, 1.165) is 4.47 Å². The van der Waals surface area contributed by atoms with Crippen molar-refractivity contribution in [3.8, 4) is 11.5 Å². The van der Waals surface area contributed by atoms with Gasteiger partial charge in [-0.25, -0.2) is 0 Å². The second kappa shape index (κ2) is 12.0. The van der Waals surface area contributed by atoms with Crippen molar-refractivity contribution >= 4 is 33.5 Å². The van der Waals surface area contributed by atoms with Crippen LogP contribution in [0.1, 0.15) is 44.9 Å². The first-order valence-corrected chi connectivity index (χ1v) is 11.6. The average Bonchev–Trinajstić information content (AvgIpc) is 2.84. The number of hydrogen-bond donors (Lipinski definition) is 2. The standard InChI is InChI=1S/C26H25BrN2O5/c1-3-33-21-11-7-5-9-19(21)25(31)28-24(23(30)17-13-15-18(27)16-14-17)29-26(32)20-10-6-8-12-22(20)34-4-2/h5-16,24H,3-4H2,1-2H3,(H,28,31)(H,29,32). The van der Waals surface area contributed by atoms with Gasteiger partial charge in [-0.15, -0.1) is 0 Å². The Bertz CT molecular complexity index is 1100. The molecule has 34 heavy (non-hydrogen) atoms. The van der Waals surface area contributed by atoms with Crippen LogP contribution in [-0.4, -0.2) is 37.0 Å². The van der Waals surface area contributed by atoms with Crippen LogP contribution >= 0.6 is 15.9 Å². The summed E-state index contributed by atoms with van der Waals surface area (Å²) in [6, 6.07) is 20.0. The number of hydrogen-bond acceptors (Lipinski definition) is 5. The highest BCUT2D eigenvalue weighted by Crippen LogP contribution is 2.20. The molecule has 0 saturated carbocycles. The van der Waals surface area contributed by atoms with E-state index >= 15 is 0 Å². The molecule has 0 spiro atoms. The fourth-order valence-corrected chi connectivity index (χ4v) is 3.50. The molecule has 0 saturated heterocycles. The van der Waals surface area contributed by atoms with Crippen LogP contribution in [0.15, 0.2) is 77.3 Å². The van der Waals surface area contributed by atoms with Crippen molar-refractivity contribution in [3.05, 3.63) is 94.0 Å². The Balaban J connectivity index is 1.91. The molecule has 2 N–H and O–H groups in total. The van der Waals surface area contributed by atoms with Crippen LogP contribution in [0.5, 0.6) is 11.5 Å². The van der Waals surface area contributed by atoms with E-state index in [1.165, 1.54) is 0 Å². The van der Waals surface area contributed by atoms with Crippen molar-refractivity contribution in [2.24, 2.45) is 0 Å². The SMILES string of the molecule is CCOc1ccccc1C(=O)NC(NC(=O)c1ccccc1OCC)C(=O)c1ccc(Br)cc1. The number of ketones is 1. The monoisotopic (exact) mass is 524 g/mol. The molecule has 176 valence electrons. The van der Waals surface area contributed by atoms with Crippen LogP contribution in [0.4, 0.5) is 0 Å². The van der Waals surface area contributed by atoms with Gasteiger partial charge in [0.15, 0.2) is 6.17 Å². The van der Waals surface area contributed by atoms with Crippen molar-refractivity contribution < 1.29 is 23.9 Å². The molecule has 7 nitrogen and oxygen atoms in total. The van der Waals surface area contributed by atoms with Gasteiger partial charge in [0.25, 0.3) is 11.8 Å². The number of ether oxygens (including phenoxy) is 2. The summed E-state index contributed by atoms with van der Waals surface area (Å²) >= 11 is 3.34. The van der Waals surface area contributed by atoms with Gasteiger partial charge in [0.1, 0.15) is 11.5 Å². The number of Topliss-reactive ketones (excluding diaryl/α,β-unsaturated/α-hetero) is 1. The number of carbonyl (C=O) groups excluding carboxylic acids is 3. The molecule has 0 aliphatic rings. The van der Waals surface area contributed by atoms with Gasteiger partial charge < -0.3 is 20.1 Å². The molecule has 0 aliphatic heterocycles. The Morgan fingerprint density at radius 2 is 1.18 bits per heavy atom. The summed E-state index contributed by atoms with van der Waals surface area (Å²) in [5, 5.41) is 5.29. The van der Waals surface area contributed by atoms with E-state index in [2.05, 4.69) is 26.6 Å². The van der Waals surface area contributed by atoms with E-state index in [-0.39, 0.29) is 11.1 Å². The molecular formula is C26H25BrN2O5. The maximum Gasteiger partial charge on any atom is 0.256 e. The van der Waals surface area contributed by atoms with E-state index in [1.807, 2.05) is 13.8 Å². The Morgan fingerprint density at radius 1 is 0.735 bits per heavy atom. The lowest BCUT2D eigenvalue weighted by Crippen LogP contribution is -2.53. The van der Waals surface area contributed by atoms with Gasteiger partial charge in [-0.3, -0.25) is 14.4 Å². The summed E-state index contributed by atoms with van der Waals surface area (Å²) in [6.07, 6.45) is -1.33. The first kappa shape index (κ1) is 25.0. The third kappa shape index (κ3) is 6.23. The quantitative estimate of drug-likeness (QED) is 0.298. The minimum atomic E-state index is -1.33. The maximum atomic E-state index is 13.3.